The summed E-state index contributed by atoms with van der Waals surface area (Å²) in [4.78, 5) is 58.6. The van der Waals surface area contributed by atoms with E-state index in [0.717, 1.165) is 0 Å². The number of anilines is 1. The van der Waals surface area contributed by atoms with Gasteiger partial charge in [0.15, 0.2) is 0 Å². The normalized spacial score (nSPS) is 13.7. The highest BCUT2D eigenvalue weighted by atomic mass is 16.6. The Kier molecular flexibility index (Phi) is 9.11. The molecule has 0 aliphatic heterocycles. The maximum atomic E-state index is 12.3. The van der Waals surface area contributed by atoms with E-state index in [1.807, 2.05) is 0 Å². The summed E-state index contributed by atoms with van der Waals surface area (Å²) in [5.41, 5.74) is -0.520. The molecule has 0 aromatic heterocycles. The van der Waals surface area contributed by atoms with Gasteiger partial charge in [0, 0.05) is 17.8 Å². The molecule has 0 bridgehead atoms. The Labute approximate surface area is 185 Å². The Hall–Kier alpha value is -3.70. The van der Waals surface area contributed by atoms with Crippen molar-refractivity contribution in [3.8, 4) is 0 Å². The van der Waals surface area contributed by atoms with E-state index in [-0.39, 0.29) is 5.69 Å². The smallest absolute Gasteiger partial charge is 0.408 e. The third kappa shape index (κ3) is 8.98. The van der Waals surface area contributed by atoms with Crippen molar-refractivity contribution in [3.05, 3.63) is 34.4 Å². The zero-order chi connectivity index (χ0) is 24.6. The van der Waals surface area contributed by atoms with E-state index < -0.39 is 52.5 Å². The van der Waals surface area contributed by atoms with Gasteiger partial charge in [0.05, 0.1) is 4.92 Å². The number of ether oxygens (including phenoxy) is 1. The molecule has 4 amide bonds. The second-order valence-corrected chi connectivity index (χ2v) is 8.12. The van der Waals surface area contributed by atoms with Crippen LogP contribution in [0.5, 0.6) is 0 Å². The molecule has 176 valence electrons. The first kappa shape index (κ1) is 26.3. The molecule has 0 saturated heterocycles. The molecule has 0 fully saturated rings. The average molecular weight is 451 g/mol. The Bertz CT molecular complexity index is 864. The number of nitrogens with zero attached hydrogens (tertiary/aromatic N) is 1. The molecule has 1 rings (SSSR count). The molecule has 0 unspecified atom stereocenters. The Balaban J connectivity index is 2.53. The fraction of sp³-hybridized carbons (Fsp3) is 0.500. The number of hydrogen-bond acceptors (Lipinski definition) is 7. The molecule has 32 heavy (non-hydrogen) atoms. The number of nitro groups is 1. The largest absolute Gasteiger partial charge is 0.444 e. The highest BCUT2D eigenvalue weighted by Gasteiger charge is 2.25. The number of carbonyl (C=O) groups is 4. The molecule has 0 aliphatic carbocycles. The number of hydrogen-bond donors (Lipinski definition) is 4. The molecule has 1 aromatic rings. The molecule has 0 radical (unpaired) electrons. The Morgan fingerprint density at radius 3 is 1.72 bits per heavy atom. The Morgan fingerprint density at radius 1 is 0.844 bits per heavy atom. The highest BCUT2D eigenvalue weighted by Crippen LogP contribution is 2.15. The van der Waals surface area contributed by atoms with Gasteiger partial charge in [-0.05, 0) is 53.7 Å². The number of amides is 4. The van der Waals surface area contributed by atoms with Gasteiger partial charge in [-0.25, -0.2) is 4.79 Å². The molecule has 4 N–H and O–H groups in total. The fourth-order valence-electron chi connectivity index (χ4n) is 2.27. The van der Waals surface area contributed by atoms with E-state index in [0.29, 0.717) is 5.69 Å². The summed E-state index contributed by atoms with van der Waals surface area (Å²) >= 11 is 0. The second kappa shape index (κ2) is 11.1. The zero-order valence-electron chi connectivity index (χ0n) is 18.8. The van der Waals surface area contributed by atoms with E-state index in [1.54, 1.807) is 20.8 Å². The molecule has 1 aromatic carbocycles. The monoisotopic (exact) mass is 451 g/mol. The first-order valence-corrected chi connectivity index (χ1v) is 9.85. The third-order valence-corrected chi connectivity index (χ3v) is 3.98. The van der Waals surface area contributed by atoms with Gasteiger partial charge in [-0.3, -0.25) is 24.5 Å². The van der Waals surface area contributed by atoms with Crippen molar-refractivity contribution in [1.82, 2.24) is 16.0 Å². The summed E-state index contributed by atoms with van der Waals surface area (Å²) in [5.74, 6) is -1.78. The van der Waals surface area contributed by atoms with Crippen LogP contribution < -0.4 is 21.3 Å². The van der Waals surface area contributed by atoms with Crippen LogP contribution in [0.3, 0.4) is 0 Å². The van der Waals surface area contributed by atoms with E-state index in [9.17, 15) is 29.3 Å². The lowest BCUT2D eigenvalue weighted by Crippen LogP contribution is -2.54. The van der Waals surface area contributed by atoms with Gasteiger partial charge in [0.2, 0.25) is 17.7 Å². The second-order valence-electron chi connectivity index (χ2n) is 8.12. The quantitative estimate of drug-likeness (QED) is 0.342. The maximum absolute atomic E-state index is 12.3. The van der Waals surface area contributed by atoms with E-state index in [4.69, 9.17) is 4.74 Å². The minimum absolute atomic E-state index is 0.121. The van der Waals surface area contributed by atoms with Crippen LogP contribution in [0.1, 0.15) is 41.5 Å². The lowest BCUT2D eigenvalue weighted by Gasteiger charge is -2.23. The molecule has 0 aliphatic rings. The van der Waals surface area contributed by atoms with Crippen LogP contribution in [0.25, 0.3) is 0 Å². The molecule has 0 spiro atoms. The number of alkyl carbamates (subject to hydrolysis) is 1. The zero-order valence-corrected chi connectivity index (χ0v) is 18.8. The SMILES string of the molecule is C[C@H](NC(=O)[C@@H](C)NC(=O)OC(C)(C)C)C(=O)N[C@H](C)C(=O)Nc1ccc([N+](=O)[O-])cc1. The number of non-ortho nitro benzene ring substituents is 1. The first-order valence-electron chi connectivity index (χ1n) is 9.85. The summed E-state index contributed by atoms with van der Waals surface area (Å²) < 4.78 is 5.07. The number of benzene rings is 1. The molecular weight excluding hydrogens is 422 g/mol. The van der Waals surface area contributed by atoms with E-state index >= 15 is 0 Å². The molecule has 12 nitrogen and oxygen atoms in total. The van der Waals surface area contributed by atoms with Crippen LogP contribution in [0.4, 0.5) is 16.2 Å². The lowest BCUT2D eigenvalue weighted by molar-refractivity contribution is -0.384. The summed E-state index contributed by atoms with van der Waals surface area (Å²) in [6.45, 7) is 9.35. The molecule has 0 saturated carbocycles. The molecular formula is C20H29N5O7. The van der Waals surface area contributed by atoms with Crippen LogP contribution in [-0.4, -0.2) is 52.5 Å². The third-order valence-electron chi connectivity index (χ3n) is 3.98. The average Bonchev–Trinajstić information content (AvgIpc) is 2.66. The summed E-state index contributed by atoms with van der Waals surface area (Å²) in [7, 11) is 0. The van der Waals surface area contributed by atoms with Crippen molar-refractivity contribution in [2.24, 2.45) is 0 Å². The van der Waals surface area contributed by atoms with Crippen molar-refractivity contribution in [2.45, 2.75) is 65.3 Å². The van der Waals surface area contributed by atoms with Crippen LogP contribution in [0.2, 0.25) is 0 Å². The van der Waals surface area contributed by atoms with Gasteiger partial charge in [0.25, 0.3) is 5.69 Å². The predicted molar refractivity (Wildman–Crippen MR) is 116 cm³/mol. The van der Waals surface area contributed by atoms with Gasteiger partial charge in [-0.1, -0.05) is 0 Å². The van der Waals surface area contributed by atoms with Crippen LogP contribution in [0.15, 0.2) is 24.3 Å². The lowest BCUT2D eigenvalue weighted by atomic mass is 10.2. The topological polar surface area (TPSA) is 169 Å². The van der Waals surface area contributed by atoms with Gasteiger partial charge in [-0.2, -0.15) is 0 Å². The van der Waals surface area contributed by atoms with Crippen molar-refractivity contribution < 1.29 is 28.8 Å². The van der Waals surface area contributed by atoms with Crippen molar-refractivity contribution in [1.29, 1.82) is 0 Å². The van der Waals surface area contributed by atoms with E-state index in [1.165, 1.54) is 45.0 Å². The van der Waals surface area contributed by atoms with Gasteiger partial charge in [0.1, 0.15) is 23.7 Å². The standard InChI is InChI=1S/C20H29N5O7/c1-11(21-17(27)13(3)23-19(29)32-20(4,5)6)16(26)22-12(2)18(28)24-14-7-9-15(10-8-14)25(30)31/h7-13H,1-6H3,(H,21,27)(H,22,26)(H,23,29)(H,24,28)/t11-,12+,13+/m0/s1. The van der Waals surface area contributed by atoms with Crippen LogP contribution in [-0.2, 0) is 19.1 Å². The minimum atomic E-state index is -0.986. The number of nitro benzene ring substituents is 1. The molecule has 3 atom stereocenters. The van der Waals surface area contributed by atoms with E-state index in [2.05, 4.69) is 21.3 Å². The maximum Gasteiger partial charge on any atom is 0.408 e. The molecule has 12 heteroatoms. The Morgan fingerprint density at radius 2 is 1.28 bits per heavy atom. The van der Waals surface area contributed by atoms with Crippen molar-refractivity contribution in [3.63, 3.8) is 0 Å². The summed E-state index contributed by atoms with van der Waals surface area (Å²) in [5, 5.41) is 20.5. The summed E-state index contributed by atoms with van der Waals surface area (Å²) in [6, 6.07) is 2.32. The number of rotatable bonds is 8. The predicted octanol–water partition coefficient (Wildman–Crippen LogP) is 1.46. The number of nitrogens with one attached hydrogen (secondary N) is 4. The van der Waals surface area contributed by atoms with Crippen LogP contribution in [0, 0.1) is 10.1 Å². The fourth-order valence-corrected chi connectivity index (χ4v) is 2.27. The molecule has 0 heterocycles. The van der Waals surface area contributed by atoms with Gasteiger partial charge < -0.3 is 26.0 Å². The summed E-state index contributed by atoms with van der Waals surface area (Å²) in [6.07, 6.45) is -0.770. The van der Waals surface area contributed by atoms with Gasteiger partial charge in [-0.15, -0.1) is 0 Å². The highest BCUT2D eigenvalue weighted by molar-refractivity contribution is 5.98. The van der Waals surface area contributed by atoms with Gasteiger partial charge >= 0.3 is 6.09 Å². The van der Waals surface area contributed by atoms with Crippen molar-refractivity contribution in [2.75, 3.05) is 5.32 Å². The van der Waals surface area contributed by atoms with Crippen molar-refractivity contribution >= 4 is 35.2 Å². The minimum Gasteiger partial charge on any atom is -0.444 e. The number of carbonyl (C=O) groups excluding carboxylic acids is 4. The first-order chi connectivity index (χ1) is 14.7. The van der Waals surface area contributed by atoms with Crippen LogP contribution >= 0.6 is 0 Å².